The van der Waals surface area contributed by atoms with E-state index in [-0.39, 0.29) is 12.5 Å². The quantitative estimate of drug-likeness (QED) is 0.895. The van der Waals surface area contributed by atoms with E-state index in [1.54, 1.807) is 10.6 Å². The molecule has 1 aromatic carbocycles. The SMILES string of the molecule is CC1CCCN(C(=O)Cn2c(C#N)cc(N)c2Cc2ccc(Cl)cc2)C1. The van der Waals surface area contributed by atoms with Gasteiger partial charge in [-0.25, -0.2) is 0 Å². The van der Waals surface area contributed by atoms with Gasteiger partial charge in [0.1, 0.15) is 18.3 Å². The standard InChI is InChI=1S/C20H23ClN4O/c1-14-3-2-8-24(12-14)20(26)13-25-17(11-22)10-18(23)19(25)9-15-4-6-16(21)7-5-15/h4-7,10,14H,2-3,8-9,12-13,23H2,1H3. The number of amides is 1. The Morgan fingerprint density at radius 3 is 2.77 bits per heavy atom. The van der Waals surface area contributed by atoms with Crippen molar-refractivity contribution in [2.75, 3.05) is 18.8 Å². The molecule has 0 radical (unpaired) electrons. The Labute approximate surface area is 159 Å². The van der Waals surface area contributed by atoms with E-state index in [9.17, 15) is 10.1 Å². The van der Waals surface area contributed by atoms with Crippen LogP contribution in [0.3, 0.4) is 0 Å². The smallest absolute Gasteiger partial charge is 0.242 e. The van der Waals surface area contributed by atoms with Crippen LogP contribution in [0.15, 0.2) is 30.3 Å². The minimum Gasteiger partial charge on any atom is -0.397 e. The van der Waals surface area contributed by atoms with E-state index in [1.807, 2.05) is 29.2 Å². The molecule has 2 N–H and O–H groups in total. The molecule has 1 saturated heterocycles. The van der Waals surface area contributed by atoms with Gasteiger partial charge in [-0.2, -0.15) is 5.26 Å². The molecule has 0 aliphatic carbocycles. The van der Waals surface area contributed by atoms with Gasteiger partial charge < -0.3 is 15.2 Å². The lowest BCUT2D eigenvalue weighted by Gasteiger charge is -2.31. The molecule has 1 unspecified atom stereocenters. The van der Waals surface area contributed by atoms with E-state index >= 15 is 0 Å². The lowest BCUT2D eigenvalue weighted by Crippen LogP contribution is -2.41. The van der Waals surface area contributed by atoms with E-state index < -0.39 is 0 Å². The topological polar surface area (TPSA) is 75.0 Å². The number of nitrogen functional groups attached to an aromatic ring is 1. The fourth-order valence-electron chi connectivity index (χ4n) is 3.53. The maximum Gasteiger partial charge on any atom is 0.242 e. The first kappa shape index (κ1) is 18.3. The van der Waals surface area contributed by atoms with Crippen LogP contribution < -0.4 is 5.73 Å². The fourth-order valence-corrected chi connectivity index (χ4v) is 3.65. The summed E-state index contributed by atoms with van der Waals surface area (Å²) in [5.41, 5.74) is 8.93. The molecule has 1 aliphatic heterocycles. The first-order valence-electron chi connectivity index (χ1n) is 8.88. The lowest BCUT2D eigenvalue weighted by atomic mass is 10.0. The summed E-state index contributed by atoms with van der Waals surface area (Å²) in [6.45, 7) is 3.88. The Kier molecular flexibility index (Phi) is 5.53. The van der Waals surface area contributed by atoms with Crippen molar-refractivity contribution < 1.29 is 4.79 Å². The first-order valence-corrected chi connectivity index (χ1v) is 9.26. The Morgan fingerprint density at radius 1 is 1.38 bits per heavy atom. The number of likely N-dealkylation sites (tertiary alicyclic amines) is 1. The maximum absolute atomic E-state index is 12.8. The Bertz CT molecular complexity index is 835. The normalized spacial score (nSPS) is 17.1. The molecule has 1 atom stereocenters. The van der Waals surface area contributed by atoms with Crippen molar-refractivity contribution >= 4 is 23.2 Å². The second-order valence-corrected chi connectivity index (χ2v) is 7.46. The monoisotopic (exact) mass is 370 g/mol. The van der Waals surface area contributed by atoms with Crippen LogP contribution in [-0.4, -0.2) is 28.5 Å². The molecule has 0 bridgehead atoms. The molecule has 6 heteroatoms. The highest BCUT2D eigenvalue weighted by Gasteiger charge is 2.23. The molecule has 1 aromatic heterocycles. The number of benzene rings is 1. The van der Waals surface area contributed by atoms with Gasteiger partial charge in [-0.15, -0.1) is 0 Å². The summed E-state index contributed by atoms with van der Waals surface area (Å²) in [6, 6.07) is 11.3. The van der Waals surface area contributed by atoms with Gasteiger partial charge in [0.15, 0.2) is 0 Å². The Morgan fingerprint density at radius 2 is 2.12 bits per heavy atom. The van der Waals surface area contributed by atoms with Gasteiger partial charge in [0.05, 0.1) is 5.69 Å². The summed E-state index contributed by atoms with van der Waals surface area (Å²) >= 11 is 5.95. The zero-order chi connectivity index (χ0) is 18.7. The molecule has 3 rings (SSSR count). The molecule has 2 heterocycles. The predicted octanol–water partition coefficient (Wildman–Crippen LogP) is 3.44. The lowest BCUT2D eigenvalue weighted by molar-refractivity contribution is -0.133. The number of halogens is 1. The highest BCUT2D eigenvalue weighted by molar-refractivity contribution is 6.30. The average Bonchev–Trinajstić information content (AvgIpc) is 2.92. The average molecular weight is 371 g/mol. The number of nitrogens with zero attached hydrogens (tertiary/aromatic N) is 3. The number of hydrogen-bond donors (Lipinski definition) is 1. The summed E-state index contributed by atoms with van der Waals surface area (Å²) in [7, 11) is 0. The molecule has 1 amide bonds. The van der Waals surface area contributed by atoms with Gasteiger partial charge in [0.2, 0.25) is 5.91 Å². The van der Waals surface area contributed by atoms with Crippen LogP contribution in [-0.2, 0) is 17.8 Å². The summed E-state index contributed by atoms with van der Waals surface area (Å²) in [4.78, 5) is 14.7. The number of piperidine rings is 1. The third-order valence-electron chi connectivity index (χ3n) is 4.94. The molecule has 26 heavy (non-hydrogen) atoms. The maximum atomic E-state index is 12.8. The van der Waals surface area contributed by atoms with Gasteiger partial charge >= 0.3 is 0 Å². The molecule has 0 saturated carbocycles. The van der Waals surface area contributed by atoms with Crippen molar-refractivity contribution in [2.24, 2.45) is 5.92 Å². The van der Waals surface area contributed by atoms with Crippen molar-refractivity contribution in [2.45, 2.75) is 32.7 Å². The number of anilines is 1. The molecular formula is C20H23ClN4O. The fraction of sp³-hybridized carbons (Fsp3) is 0.400. The Hall–Kier alpha value is -2.45. The first-order chi connectivity index (χ1) is 12.5. The number of nitriles is 1. The highest BCUT2D eigenvalue weighted by Crippen LogP contribution is 2.23. The predicted molar refractivity (Wildman–Crippen MR) is 103 cm³/mol. The number of carbonyl (C=O) groups is 1. The molecule has 2 aromatic rings. The second kappa shape index (κ2) is 7.84. The van der Waals surface area contributed by atoms with Gasteiger partial charge in [-0.05, 0) is 42.5 Å². The van der Waals surface area contributed by atoms with E-state index in [0.717, 1.165) is 37.2 Å². The van der Waals surface area contributed by atoms with Crippen LogP contribution in [0, 0.1) is 17.2 Å². The van der Waals surface area contributed by atoms with Crippen LogP contribution in [0.4, 0.5) is 5.69 Å². The summed E-state index contributed by atoms with van der Waals surface area (Å²) in [6.07, 6.45) is 2.74. The van der Waals surface area contributed by atoms with Crippen LogP contribution >= 0.6 is 11.6 Å². The number of rotatable bonds is 4. The van der Waals surface area contributed by atoms with Crippen LogP contribution in [0.2, 0.25) is 5.02 Å². The molecule has 136 valence electrons. The van der Waals surface area contributed by atoms with Gasteiger partial charge in [0.25, 0.3) is 0 Å². The molecule has 1 aliphatic rings. The number of nitrogens with two attached hydrogens (primary N) is 1. The van der Waals surface area contributed by atoms with Crippen LogP contribution in [0.5, 0.6) is 0 Å². The van der Waals surface area contributed by atoms with Gasteiger partial charge in [-0.1, -0.05) is 30.7 Å². The minimum absolute atomic E-state index is 0.0426. The van der Waals surface area contributed by atoms with Crippen molar-refractivity contribution in [3.05, 3.63) is 52.3 Å². The molecule has 1 fully saturated rings. The third-order valence-corrected chi connectivity index (χ3v) is 5.20. The van der Waals surface area contributed by atoms with Crippen LogP contribution in [0.1, 0.15) is 36.7 Å². The third kappa shape index (κ3) is 4.03. The van der Waals surface area contributed by atoms with Crippen molar-refractivity contribution in [3.63, 3.8) is 0 Å². The van der Waals surface area contributed by atoms with Crippen molar-refractivity contribution in [1.29, 1.82) is 5.26 Å². The highest BCUT2D eigenvalue weighted by atomic mass is 35.5. The summed E-state index contributed by atoms with van der Waals surface area (Å²) in [5.74, 6) is 0.562. The molecular weight excluding hydrogens is 348 g/mol. The largest absolute Gasteiger partial charge is 0.397 e. The number of aromatic nitrogens is 1. The zero-order valence-corrected chi connectivity index (χ0v) is 15.7. The summed E-state index contributed by atoms with van der Waals surface area (Å²) < 4.78 is 1.76. The van der Waals surface area contributed by atoms with E-state index in [0.29, 0.717) is 28.7 Å². The number of carbonyl (C=O) groups excluding carboxylic acids is 1. The van der Waals surface area contributed by atoms with E-state index in [1.165, 1.54) is 0 Å². The van der Waals surface area contributed by atoms with Crippen molar-refractivity contribution in [3.8, 4) is 6.07 Å². The van der Waals surface area contributed by atoms with E-state index in [2.05, 4.69) is 13.0 Å². The Balaban J connectivity index is 1.84. The molecule has 5 nitrogen and oxygen atoms in total. The second-order valence-electron chi connectivity index (χ2n) is 7.02. The minimum atomic E-state index is 0.0426. The van der Waals surface area contributed by atoms with Gasteiger partial charge in [-0.3, -0.25) is 4.79 Å². The van der Waals surface area contributed by atoms with Crippen molar-refractivity contribution in [1.82, 2.24) is 9.47 Å². The summed E-state index contributed by atoms with van der Waals surface area (Å²) in [5, 5.41) is 10.1. The van der Waals surface area contributed by atoms with Crippen LogP contribution in [0.25, 0.3) is 0 Å². The van der Waals surface area contributed by atoms with Gasteiger partial charge in [0, 0.05) is 30.2 Å². The zero-order valence-electron chi connectivity index (χ0n) is 14.9. The number of hydrogen-bond acceptors (Lipinski definition) is 3. The van der Waals surface area contributed by atoms with E-state index in [4.69, 9.17) is 17.3 Å². The molecule has 0 spiro atoms.